The molecule has 1 aliphatic carbocycles. The fraction of sp³-hybridized carbons (Fsp3) is 0.348. The van der Waals surface area contributed by atoms with E-state index in [4.69, 9.17) is 0 Å². The van der Waals surface area contributed by atoms with Gasteiger partial charge in [-0.25, -0.2) is 8.78 Å². The molecule has 1 atom stereocenters. The first-order valence-electron chi connectivity index (χ1n) is 10.3. The third-order valence-electron chi connectivity index (χ3n) is 5.98. The standard InChI is InChI=1S/C23H22F2N4O/c24-19-6-3-16(4-7-19)18-5-8-20(21(25)11-18)22-27-26-14-29(22)13-15-9-10-28(12-15)23(30)17-1-2-17/h3-8,11,14-15,17H,1-2,9-10,12-13H2/t15-/m1/s1. The second-order valence-corrected chi connectivity index (χ2v) is 8.22. The minimum absolute atomic E-state index is 0.239. The Morgan fingerprint density at radius 2 is 1.80 bits per heavy atom. The first kappa shape index (κ1) is 18.9. The molecular formula is C23H22F2N4O. The van der Waals surface area contributed by atoms with E-state index in [9.17, 15) is 13.6 Å². The van der Waals surface area contributed by atoms with Gasteiger partial charge in [0.1, 0.15) is 18.0 Å². The summed E-state index contributed by atoms with van der Waals surface area (Å²) in [5.41, 5.74) is 1.80. The number of benzene rings is 2. The molecule has 1 saturated heterocycles. The Balaban J connectivity index is 1.33. The van der Waals surface area contributed by atoms with Crippen LogP contribution in [-0.4, -0.2) is 38.7 Å². The van der Waals surface area contributed by atoms with Crippen molar-refractivity contribution in [1.29, 1.82) is 0 Å². The van der Waals surface area contributed by atoms with Gasteiger partial charge in [-0.15, -0.1) is 10.2 Å². The Hall–Kier alpha value is -3.09. The molecule has 2 fully saturated rings. The van der Waals surface area contributed by atoms with Gasteiger partial charge in [-0.3, -0.25) is 4.79 Å². The Labute approximate surface area is 173 Å². The molecule has 5 rings (SSSR count). The summed E-state index contributed by atoms with van der Waals surface area (Å²) < 4.78 is 29.9. The van der Waals surface area contributed by atoms with Gasteiger partial charge < -0.3 is 9.47 Å². The molecule has 30 heavy (non-hydrogen) atoms. The maximum atomic E-state index is 14.9. The monoisotopic (exact) mass is 408 g/mol. The molecule has 1 amide bonds. The Morgan fingerprint density at radius 3 is 2.53 bits per heavy atom. The second kappa shape index (κ2) is 7.63. The van der Waals surface area contributed by atoms with Crippen LogP contribution in [0.1, 0.15) is 19.3 Å². The zero-order valence-corrected chi connectivity index (χ0v) is 16.5. The Bertz CT molecular complexity index is 1080. The lowest BCUT2D eigenvalue weighted by molar-refractivity contribution is -0.131. The molecule has 0 radical (unpaired) electrons. The maximum absolute atomic E-state index is 14.9. The number of hydrogen-bond acceptors (Lipinski definition) is 3. The van der Waals surface area contributed by atoms with Gasteiger partial charge in [0.2, 0.25) is 5.91 Å². The second-order valence-electron chi connectivity index (χ2n) is 8.22. The molecule has 0 N–H and O–H groups in total. The van der Waals surface area contributed by atoms with E-state index >= 15 is 0 Å². The van der Waals surface area contributed by atoms with Crippen LogP contribution in [0.3, 0.4) is 0 Å². The molecule has 154 valence electrons. The molecular weight excluding hydrogens is 386 g/mol. The van der Waals surface area contributed by atoms with Crippen LogP contribution >= 0.6 is 0 Å². The summed E-state index contributed by atoms with van der Waals surface area (Å²) in [5.74, 6) is 0.581. The zero-order chi connectivity index (χ0) is 20.7. The van der Waals surface area contributed by atoms with Crippen molar-refractivity contribution in [3.05, 3.63) is 60.4 Å². The van der Waals surface area contributed by atoms with E-state index in [0.717, 1.165) is 37.9 Å². The third kappa shape index (κ3) is 3.72. The first-order valence-corrected chi connectivity index (χ1v) is 10.3. The largest absolute Gasteiger partial charge is 0.342 e. The van der Waals surface area contributed by atoms with Crippen LogP contribution in [0.4, 0.5) is 8.78 Å². The maximum Gasteiger partial charge on any atom is 0.225 e. The normalized spacial score (nSPS) is 18.7. The minimum Gasteiger partial charge on any atom is -0.342 e. The van der Waals surface area contributed by atoms with Crippen molar-refractivity contribution >= 4 is 5.91 Å². The van der Waals surface area contributed by atoms with E-state index in [1.165, 1.54) is 18.2 Å². The molecule has 7 heteroatoms. The Morgan fingerprint density at radius 1 is 1.03 bits per heavy atom. The van der Waals surface area contributed by atoms with Crippen molar-refractivity contribution in [3.8, 4) is 22.5 Å². The van der Waals surface area contributed by atoms with Crippen LogP contribution in [0.25, 0.3) is 22.5 Å². The molecule has 5 nitrogen and oxygen atoms in total. The molecule has 1 aliphatic heterocycles. The van der Waals surface area contributed by atoms with Crippen LogP contribution in [0.2, 0.25) is 0 Å². The summed E-state index contributed by atoms with van der Waals surface area (Å²) in [7, 11) is 0. The molecule has 2 heterocycles. The van der Waals surface area contributed by atoms with Crippen LogP contribution < -0.4 is 0 Å². The van der Waals surface area contributed by atoms with Crippen molar-refractivity contribution in [3.63, 3.8) is 0 Å². The predicted molar refractivity (Wildman–Crippen MR) is 108 cm³/mol. The van der Waals surface area contributed by atoms with Crippen LogP contribution in [0.5, 0.6) is 0 Å². The fourth-order valence-electron chi connectivity index (χ4n) is 4.16. The zero-order valence-electron chi connectivity index (χ0n) is 16.5. The lowest BCUT2D eigenvalue weighted by Gasteiger charge is -2.17. The lowest BCUT2D eigenvalue weighted by atomic mass is 10.0. The number of amides is 1. The number of carbonyl (C=O) groups is 1. The van der Waals surface area contributed by atoms with Gasteiger partial charge in [-0.2, -0.15) is 0 Å². The summed E-state index contributed by atoms with van der Waals surface area (Å²) in [4.78, 5) is 14.2. The van der Waals surface area contributed by atoms with Crippen molar-refractivity contribution in [1.82, 2.24) is 19.7 Å². The number of nitrogens with zero attached hydrogens (tertiary/aromatic N) is 4. The van der Waals surface area contributed by atoms with Crippen molar-refractivity contribution in [2.45, 2.75) is 25.8 Å². The van der Waals surface area contributed by atoms with Crippen molar-refractivity contribution < 1.29 is 13.6 Å². The highest BCUT2D eigenvalue weighted by atomic mass is 19.1. The van der Waals surface area contributed by atoms with Gasteiger partial charge in [0.05, 0.1) is 5.56 Å². The smallest absolute Gasteiger partial charge is 0.225 e. The summed E-state index contributed by atoms with van der Waals surface area (Å²) in [6.45, 7) is 2.17. The van der Waals surface area contributed by atoms with E-state index in [-0.39, 0.29) is 17.6 Å². The van der Waals surface area contributed by atoms with E-state index in [2.05, 4.69) is 10.2 Å². The minimum atomic E-state index is -0.400. The summed E-state index contributed by atoms with van der Waals surface area (Å²) in [5, 5.41) is 8.13. The molecule has 2 aromatic carbocycles. The SMILES string of the molecule is O=C(C1CC1)N1CC[C@@H](Cn2cnnc2-c2ccc(-c3ccc(F)cc3)cc2F)C1. The van der Waals surface area contributed by atoms with Gasteiger partial charge in [-0.05, 0) is 60.6 Å². The summed E-state index contributed by atoms with van der Waals surface area (Å²) >= 11 is 0. The summed E-state index contributed by atoms with van der Waals surface area (Å²) in [6.07, 6.45) is 4.58. The van der Waals surface area contributed by atoms with Gasteiger partial charge in [-0.1, -0.05) is 18.2 Å². The highest BCUT2D eigenvalue weighted by molar-refractivity contribution is 5.81. The molecule has 0 unspecified atom stereocenters. The van der Waals surface area contributed by atoms with E-state index in [1.54, 1.807) is 30.6 Å². The highest BCUT2D eigenvalue weighted by Crippen LogP contribution is 2.33. The van der Waals surface area contributed by atoms with Gasteiger partial charge >= 0.3 is 0 Å². The van der Waals surface area contributed by atoms with E-state index in [0.29, 0.717) is 29.4 Å². The molecule has 0 spiro atoms. The number of halogens is 2. The van der Waals surface area contributed by atoms with Crippen molar-refractivity contribution in [2.24, 2.45) is 11.8 Å². The third-order valence-corrected chi connectivity index (χ3v) is 5.98. The van der Waals surface area contributed by atoms with E-state index in [1.807, 2.05) is 9.47 Å². The van der Waals surface area contributed by atoms with Crippen molar-refractivity contribution in [2.75, 3.05) is 13.1 Å². The lowest BCUT2D eigenvalue weighted by Crippen LogP contribution is -2.30. The predicted octanol–water partition coefficient (Wildman–Crippen LogP) is 4.15. The van der Waals surface area contributed by atoms with Gasteiger partial charge in [0, 0.05) is 25.6 Å². The number of rotatable bonds is 5. The highest BCUT2D eigenvalue weighted by Gasteiger charge is 2.36. The molecule has 3 aromatic rings. The van der Waals surface area contributed by atoms with Crippen LogP contribution in [0, 0.1) is 23.5 Å². The molecule has 2 aliphatic rings. The number of aromatic nitrogens is 3. The first-order chi connectivity index (χ1) is 14.6. The van der Waals surface area contributed by atoms with Crippen LogP contribution in [0.15, 0.2) is 48.8 Å². The molecule has 1 aromatic heterocycles. The number of likely N-dealkylation sites (tertiary alicyclic amines) is 1. The number of hydrogen-bond donors (Lipinski definition) is 0. The quantitative estimate of drug-likeness (QED) is 0.637. The van der Waals surface area contributed by atoms with Gasteiger partial charge in [0.15, 0.2) is 5.82 Å². The Kier molecular flexibility index (Phi) is 4.81. The average Bonchev–Trinajstić information content (AvgIpc) is 3.33. The van der Waals surface area contributed by atoms with Crippen LogP contribution in [-0.2, 0) is 11.3 Å². The molecule has 1 saturated carbocycles. The molecule has 0 bridgehead atoms. The number of carbonyl (C=O) groups excluding carboxylic acids is 1. The average molecular weight is 408 g/mol. The fourth-order valence-corrected chi connectivity index (χ4v) is 4.16. The summed E-state index contributed by atoms with van der Waals surface area (Å²) in [6, 6.07) is 10.9. The van der Waals surface area contributed by atoms with Gasteiger partial charge in [0.25, 0.3) is 0 Å². The topological polar surface area (TPSA) is 51.0 Å². The van der Waals surface area contributed by atoms with E-state index < -0.39 is 5.82 Å².